The third-order valence-electron chi connectivity index (χ3n) is 1.76. The molecule has 0 saturated carbocycles. The molecule has 0 bridgehead atoms. The molecule has 1 heterocycles. The van der Waals surface area contributed by atoms with Crippen molar-refractivity contribution in [2.75, 3.05) is 6.54 Å². The van der Waals surface area contributed by atoms with Gasteiger partial charge < -0.3 is 5.11 Å². The Bertz CT molecular complexity index is 240. The van der Waals surface area contributed by atoms with Gasteiger partial charge >= 0.3 is 5.97 Å². The Hall–Kier alpha value is -1.12. The van der Waals surface area contributed by atoms with Crippen molar-refractivity contribution >= 4 is 11.7 Å². The lowest BCUT2D eigenvalue weighted by Crippen LogP contribution is -2.17. The number of dihydropyridines is 1. The van der Waals surface area contributed by atoms with Gasteiger partial charge in [0.05, 0.1) is 0 Å². The molecule has 1 atom stereocenters. The number of carbonyl (C=O) groups is 1. The molecule has 1 N–H and O–H groups in total. The van der Waals surface area contributed by atoms with Crippen molar-refractivity contribution in [1.29, 1.82) is 0 Å². The molecule has 0 unspecified atom stereocenters. The molecule has 11 heavy (non-hydrogen) atoms. The predicted molar refractivity (Wildman–Crippen MR) is 42.9 cm³/mol. The Morgan fingerprint density at radius 3 is 2.91 bits per heavy atom. The minimum Gasteiger partial charge on any atom is -0.478 e. The standard InChI is InChI=1S/C8H11NO2/c1-5-4-9-6(2)3-7(5)8(10)11/h3,5H,4H2,1-2H3,(H,10,11)/t5-/m0/s1. The van der Waals surface area contributed by atoms with E-state index in [-0.39, 0.29) is 5.92 Å². The maximum Gasteiger partial charge on any atom is 0.331 e. The highest BCUT2D eigenvalue weighted by atomic mass is 16.4. The SMILES string of the molecule is CC1=NC[C@H](C)C(C(=O)O)=C1. The lowest BCUT2D eigenvalue weighted by Gasteiger charge is -2.14. The van der Waals surface area contributed by atoms with Crippen LogP contribution in [0.1, 0.15) is 13.8 Å². The lowest BCUT2D eigenvalue weighted by molar-refractivity contribution is -0.133. The van der Waals surface area contributed by atoms with Crippen LogP contribution in [0.25, 0.3) is 0 Å². The van der Waals surface area contributed by atoms with E-state index in [1.807, 2.05) is 13.8 Å². The van der Waals surface area contributed by atoms with Crippen LogP contribution < -0.4 is 0 Å². The average molecular weight is 153 g/mol. The number of hydrogen-bond acceptors (Lipinski definition) is 2. The molecule has 3 heteroatoms. The van der Waals surface area contributed by atoms with Crippen LogP contribution in [0.4, 0.5) is 0 Å². The van der Waals surface area contributed by atoms with Gasteiger partial charge in [0.15, 0.2) is 0 Å². The first-order valence-electron chi connectivity index (χ1n) is 3.57. The number of aliphatic carboxylic acids is 1. The zero-order valence-electron chi connectivity index (χ0n) is 6.66. The van der Waals surface area contributed by atoms with Crippen LogP contribution >= 0.6 is 0 Å². The first kappa shape index (κ1) is 7.98. The van der Waals surface area contributed by atoms with E-state index in [0.29, 0.717) is 12.1 Å². The Morgan fingerprint density at radius 2 is 2.45 bits per heavy atom. The number of aliphatic imine (C=N–C) groups is 1. The van der Waals surface area contributed by atoms with Gasteiger partial charge in [-0.1, -0.05) is 6.92 Å². The molecule has 60 valence electrons. The fourth-order valence-corrected chi connectivity index (χ4v) is 1.06. The summed E-state index contributed by atoms with van der Waals surface area (Å²) in [5.74, 6) is -0.775. The fraction of sp³-hybridized carbons (Fsp3) is 0.500. The third-order valence-corrected chi connectivity index (χ3v) is 1.76. The molecule has 0 saturated heterocycles. The van der Waals surface area contributed by atoms with Crippen LogP contribution in [-0.4, -0.2) is 23.3 Å². The molecular weight excluding hydrogens is 142 g/mol. The van der Waals surface area contributed by atoms with Crippen molar-refractivity contribution in [3.63, 3.8) is 0 Å². The van der Waals surface area contributed by atoms with Crippen LogP contribution in [-0.2, 0) is 4.79 Å². The normalized spacial score (nSPS) is 24.0. The van der Waals surface area contributed by atoms with E-state index in [4.69, 9.17) is 5.11 Å². The highest BCUT2D eigenvalue weighted by Gasteiger charge is 2.18. The second kappa shape index (κ2) is 2.86. The molecule has 0 aromatic heterocycles. The summed E-state index contributed by atoms with van der Waals surface area (Å²) < 4.78 is 0. The zero-order valence-corrected chi connectivity index (χ0v) is 6.66. The molecule has 0 spiro atoms. The third kappa shape index (κ3) is 1.67. The maximum absolute atomic E-state index is 10.6. The van der Waals surface area contributed by atoms with Crippen molar-refractivity contribution < 1.29 is 9.90 Å². The van der Waals surface area contributed by atoms with Crippen LogP contribution in [0, 0.1) is 5.92 Å². The number of hydrogen-bond donors (Lipinski definition) is 1. The summed E-state index contributed by atoms with van der Waals surface area (Å²) in [7, 11) is 0. The van der Waals surface area contributed by atoms with E-state index in [1.54, 1.807) is 6.08 Å². The summed E-state index contributed by atoms with van der Waals surface area (Å²) >= 11 is 0. The molecule has 1 rings (SSSR count). The molecule has 0 fully saturated rings. The summed E-state index contributed by atoms with van der Waals surface area (Å²) in [4.78, 5) is 14.7. The molecular formula is C8H11NO2. The molecule has 1 aliphatic rings. The van der Waals surface area contributed by atoms with E-state index in [1.165, 1.54) is 0 Å². The molecule has 0 aromatic carbocycles. The van der Waals surface area contributed by atoms with Crippen molar-refractivity contribution in [3.8, 4) is 0 Å². The Labute approximate surface area is 65.4 Å². The van der Waals surface area contributed by atoms with Gasteiger partial charge in [-0.3, -0.25) is 4.99 Å². The van der Waals surface area contributed by atoms with Crippen molar-refractivity contribution in [3.05, 3.63) is 11.6 Å². The summed E-state index contributed by atoms with van der Waals surface area (Å²) in [6.07, 6.45) is 1.64. The Balaban J connectivity index is 2.90. The lowest BCUT2D eigenvalue weighted by atomic mass is 9.97. The summed E-state index contributed by atoms with van der Waals surface area (Å²) in [6.45, 7) is 4.29. The summed E-state index contributed by atoms with van der Waals surface area (Å²) in [6, 6.07) is 0. The van der Waals surface area contributed by atoms with E-state index in [0.717, 1.165) is 5.71 Å². The molecule has 0 radical (unpaired) electrons. The van der Waals surface area contributed by atoms with Gasteiger partial charge in [-0.05, 0) is 13.0 Å². The van der Waals surface area contributed by atoms with Gasteiger partial charge in [-0.2, -0.15) is 0 Å². The molecule has 1 aliphatic heterocycles. The van der Waals surface area contributed by atoms with Crippen molar-refractivity contribution in [1.82, 2.24) is 0 Å². The van der Waals surface area contributed by atoms with Gasteiger partial charge in [-0.15, -0.1) is 0 Å². The largest absolute Gasteiger partial charge is 0.478 e. The highest BCUT2D eigenvalue weighted by Crippen LogP contribution is 2.15. The van der Waals surface area contributed by atoms with Crippen LogP contribution in [0.2, 0.25) is 0 Å². The van der Waals surface area contributed by atoms with Crippen molar-refractivity contribution in [2.24, 2.45) is 10.9 Å². The van der Waals surface area contributed by atoms with Crippen LogP contribution in [0.5, 0.6) is 0 Å². The number of nitrogens with zero attached hydrogens (tertiary/aromatic N) is 1. The molecule has 0 aromatic rings. The second-order valence-electron chi connectivity index (χ2n) is 2.79. The minimum atomic E-state index is -0.827. The van der Waals surface area contributed by atoms with Gasteiger partial charge in [0.25, 0.3) is 0 Å². The van der Waals surface area contributed by atoms with E-state index >= 15 is 0 Å². The Morgan fingerprint density at radius 1 is 1.82 bits per heavy atom. The number of carboxylic acid groups (broad SMARTS) is 1. The molecule has 0 amide bonds. The van der Waals surface area contributed by atoms with Gasteiger partial charge in [0, 0.05) is 23.7 Å². The molecule has 0 aliphatic carbocycles. The first-order valence-corrected chi connectivity index (χ1v) is 3.57. The zero-order chi connectivity index (χ0) is 8.43. The van der Waals surface area contributed by atoms with Crippen molar-refractivity contribution in [2.45, 2.75) is 13.8 Å². The quantitative estimate of drug-likeness (QED) is 0.613. The number of carboxylic acids is 1. The van der Waals surface area contributed by atoms with Crippen LogP contribution in [0.15, 0.2) is 16.6 Å². The Kier molecular flexibility index (Phi) is 2.08. The maximum atomic E-state index is 10.6. The smallest absolute Gasteiger partial charge is 0.331 e. The second-order valence-corrected chi connectivity index (χ2v) is 2.79. The predicted octanol–water partition coefficient (Wildman–Crippen LogP) is 1.11. The van der Waals surface area contributed by atoms with E-state index < -0.39 is 5.97 Å². The molecule has 3 nitrogen and oxygen atoms in total. The number of allylic oxidation sites excluding steroid dienone is 1. The van der Waals surface area contributed by atoms with Gasteiger partial charge in [0.1, 0.15) is 0 Å². The van der Waals surface area contributed by atoms with E-state index in [9.17, 15) is 4.79 Å². The highest BCUT2D eigenvalue weighted by molar-refractivity contribution is 6.01. The van der Waals surface area contributed by atoms with E-state index in [2.05, 4.69) is 4.99 Å². The average Bonchev–Trinajstić information content (AvgIpc) is 1.94. The van der Waals surface area contributed by atoms with Gasteiger partial charge in [-0.25, -0.2) is 4.79 Å². The van der Waals surface area contributed by atoms with Gasteiger partial charge in [0.2, 0.25) is 0 Å². The topological polar surface area (TPSA) is 49.7 Å². The summed E-state index contributed by atoms with van der Waals surface area (Å²) in [5, 5.41) is 8.70. The monoisotopic (exact) mass is 153 g/mol. The van der Waals surface area contributed by atoms with Crippen LogP contribution in [0.3, 0.4) is 0 Å². The summed E-state index contributed by atoms with van der Waals surface area (Å²) in [5.41, 5.74) is 1.28. The minimum absolute atomic E-state index is 0.0520. The fourth-order valence-electron chi connectivity index (χ4n) is 1.06. The first-order chi connectivity index (χ1) is 5.11. The number of rotatable bonds is 1.